The van der Waals surface area contributed by atoms with Crippen LogP contribution in [0.3, 0.4) is 0 Å². The zero-order valence-electron chi connectivity index (χ0n) is 7.47. The Balaban J connectivity index is 3.48. The van der Waals surface area contributed by atoms with Crippen LogP contribution >= 0.6 is 0 Å². The first-order chi connectivity index (χ1) is 5.35. The molecule has 2 heteroatoms. The highest BCUT2D eigenvalue weighted by Crippen LogP contribution is 2.12. The second-order valence-corrected chi connectivity index (χ2v) is 2.85. The monoisotopic (exact) mass is 155 g/mol. The van der Waals surface area contributed by atoms with Gasteiger partial charge in [-0.15, -0.1) is 0 Å². The summed E-state index contributed by atoms with van der Waals surface area (Å²) in [7, 11) is 0. The van der Waals surface area contributed by atoms with Crippen LogP contribution in [0, 0.1) is 5.92 Å². The molecule has 0 radical (unpaired) electrons. The Morgan fingerprint density at radius 1 is 1.45 bits per heavy atom. The molecule has 0 spiro atoms. The van der Waals surface area contributed by atoms with Crippen molar-refractivity contribution in [2.24, 2.45) is 10.9 Å². The third-order valence-corrected chi connectivity index (χ3v) is 1.96. The van der Waals surface area contributed by atoms with E-state index in [9.17, 15) is 4.79 Å². The van der Waals surface area contributed by atoms with Crippen molar-refractivity contribution in [2.45, 2.75) is 39.5 Å². The molecule has 0 rings (SSSR count). The fraction of sp³-hybridized carbons (Fsp3) is 0.889. The van der Waals surface area contributed by atoms with Crippen LogP contribution in [-0.2, 0) is 4.79 Å². The van der Waals surface area contributed by atoms with Gasteiger partial charge in [0.25, 0.3) is 0 Å². The van der Waals surface area contributed by atoms with Gasteiger partial charge in [-0.1, -0.05) is 33.1 Å². The van der Waals surface area contributed by atoms with Gasteiger partial charge in [0, 0.05) is 0 Å². The maximum absolute atomic E-state index is 9.81. The fourth-order valence-electron chi connectivity index (χ4n) is 1.08. The van der Waals surface area contributed by atoms with Gasteiger partial charge in [0.1, 0.15) is 0 Å². The lowest BCUT2D eigenvalue weighted by molar-refractivity contribution is 0.460. The Bertz CT molecular complexity index is 128. The molecule has 0 saturated heterocycles. The Morgan fingerprint density at radius 3 is 2.64 bits per heavy atom. The van der Waals surface area contributed by atoms with Crippen molar-refractivity contribution in [3.05, 3.63) is 0 Å². The molecule has 0 N–H and O–H groups in total. The lowest BCUT2D eigenvalue weighted by atomic mass is 10.00. The van der Waals surface area contributed by atoms with Crippen molar-refractivity contribution < 1.29 is 4.79 Å². The summed E-state index contributed by atoms with van der Waals surface area (Å²) in [5.41, 5.74) is 0. The van der Waals surface area contributed by atoms with E-state index in [-0.39, 0.29) is 0 Å². The highest BCUT2D eigenvalue weighted by atomic mass is 16.1. The summed E-state index contributed by atoms with van der Waals surface area (Å²) in [5.74, 6) is 0.594. The molecule has 0 fully saturated rings. The maximum Gasteiger partial charge on any atom is 0.234 e. The highest BCUT2D eigenvalue weighted by Gasteiger charge is 2.03. The summed E-state index contributed by atoms with van der Waals surface area (Å²) in [6, 6.07) is 0. The molecule has 1 atom stereocenters. The second kappa shape index (κ2) is 7.49. The van der Waals surface area contributed by atoms with Crippen LogP contribution in [0.2, 0.25) is 0 Å². The minimum absolute atomic E-state index is 0.594. The average Bonchev–Trinajstić information content (AvgIpc) is 2.05. The van der Waals surface area contributed by atoms with Gasteiger partial charge in [-0.3, -0.25) is 0 Å². The van der Waals surface area contributed by atoms with Gasteiger partial charge in [0.05, 0.1) is 6.54 Å². The van der Waals surface area contributed by atoms with Crippen molar-refractivity contribution in [1.29, 1.82) is 0 Å². The molecule has 0 saturated carbocycles. The third-order valence-electron chi connectivity index (χ3n) is 1.96. The zero-order chi connectivity index (χ0) is 8.53. The van der Waals surface area contributed by atoms with Crippen LogP contribution in [0.5, 0.6) is 0 Å². The van der Waals surface area contributed by atoms with E-state index >= 15 is 0 Å². The summed E-state index contributed by atoms with van der Waals surface area (Å²) in [4.78, 5) is 13.4. The summed E-state index contributed by atoms with van der Waals surface area (Å²) in [6.45, 7) is 4.98. The molecule has 11 heavy (non-hydrogen) atoms. The van der Waals surface area contributed by atoms with Gasteiger partial charge in [-0.25, -0.2) is 9.79 Å². The number of nitrogens with zero attached hydrogens (tertiary/aromatic N) is 1. The molecule has 0 aliphatic heterocycles. The third kappa shape index (κ3) is 5.81. The van der Waals surface area contributed by atoms with Crippen LogP contribution in [0.25, 0.3) is 0 Å². The lowest BCUT2D eigenvalue weighted by Crippen LogP contribution is -2.02. The molecule has 0 aliphatic carbocycles. The number of isocyanates is 1. The molecule has 0 aromatic carbocycles. The molecule has 0 aromatic rings. The maximum atomic E-state index is 9.81. The molecular formula is C9H17NO. The number of hydrogen-bond acceptors (Lipinski definition) is 2. The van der Waals surface area contributed by atoms with Crippen molar-refractivity contribution in [3.63, 3.8) is 0 Å². The van der Waals surface area contributed by atoms with E-state index in [0.29, 0.717) is 12.5 Å². The predicted molar refractivity (Wildman–Crippen MR) is 46.3 cm³/mol. The van der Waals surface area contributed by atoms with Crippen molar-refractivity contribution in [3.8, 4) is 0 Å². The summed E-state index contributed by atoms with van der Waals surface area (Å²) >= 11 is 0. The van der Waals surface area contributed by atoms with E-state index in [1.807, 2.05) is 0 Å². The topological polar surface area (TPSA) is 29.4 Å². The molecule has 0 aliphatic rings. The predicted octanol–water partition coefficient (Wildman–Crippen LogP) is 2.54. The largest absolute Gasteiger partial charge is 0.234 e. The van der Waals surface area contributed by atoms with Gasteiger partial charge in [-0.05, 0) is 12.3 Å². The van der Waals surface area contributed by atoms with Gasteiger partial charge >= 0.3 is 0 Å². The average molecular weight is 155 g/mol. The molecule has 0 bridgehead atoms. The first-order valence-electron chi connectivity index (χ1n) is 4.38. The Morgan fingerprint density at radius 2 is 2.18 bits per heavy atom. The Kier molecular flexibility index (Phi) is 7.06. The van der Waals surface area contributed by atoms with Crippen LogP contribution in [0.15, 0.2) is 4.99 Å². The first kappa shape index (κ1) is 10.4. The van der Waals surface area contributed by atoms with Crippen molar-refractivity contribution >= 4 is 6.08 Å². The van der Waals surface area contributed by atoms with E-state index in [4.69, 9.17) is 0 Å². The first-order valence-corrected chi connectivity index (χ1v) is 4.38. The van der Waals surface area contributed by atoms with Gasteiger partial charge in [0.2, 0.25) is 6.08 Å². The van der Waals surface area contributed by atoms with Crippen LogP contribution in [0.4, 0.5) is 0 Å². The van der Waals surface area contributed by atoms with Crippen molar-refractivity contribution in [1.82, 2.24) is 0 Å². The molecule has 0 heterocycles. The normalized spacial score (nSPS) is 12.2. The standard InChI is InChI=1S/C9H17NO/c1-3-5-6-9(4-2)7-10-8-11/h9H,3-7H2,1-2H3/t9-/m0/s1. The smallest absolute Gasteiger partial charge is 0.211 e. The minimum Gasteiger partial charge on any atom is -0.211 e. The van der Waals surface area contributed by atoms with E-state index in [1.165, 1.54) is 19.3 Å². The van der Waals surface area contributed by atoms with Crippen molar-refractivity contribution in [2.75, 3.05) is 6.54 Å². The van der Waals surface area contributed by atoms with Gasteiger partial charge < -0.3 is 0 Å². The van der Waals surface area contributed by atoms with Crippen LogP contribution in [-0.4, -0.2) is 12.6 Å². The van der Waals surface area contributed by atoms with Crippen LogP contribution < -0.4 is 0 Å². The Hall–Kier alpha value is -0.620. The quantitative estimate of drug-likeness (QED) is 0.428. The number of unbranched alkanes of at least 4 members (excludes halogenated alkanes) is 1. The number of hydrogen-bond donors (Lipinski definition) is 0. The molecule has 0 unspecified atom stereocenters. The molecule has 0 amide bonds. The van der Waals surface area contributed by atoms with E-state index in [0.717, 1.165) is 6.42 Å². The number of rotatable bonds is 6. The van der Waals surface area contributed by atoms with Gasteiger partial charge in [-0.2, -0.15) is 0 Å². The molecule has 2 nitrogen and oxygen atoms in total. The summed E-state index contributed by atoms with van der Waals surface area (Å²) in [5, 5.41) is 0. The van der Waals surface area contributed by atoms with Gasteiger partial charge in [0.15, 0.2) is 0 Å². The number of carbonyl (C=O) groups excluding carboxylic acids is 1. The Labute approximate surface area is 68.7 Å². The van der Waals surface area contributed by atoms with Crippen LogP contribution in [0.1, 0.15) is 39.5 Å². The fourth-order valence-corrected chi connectivity index (χ4v) is 1.08. The second-order valence-electron chi connectivity index (χ2n) is 2.85. The highest BCUT2D eigenvalue weighted by molar-refractivity contribution is 5.32. The number of aliphatic imine (C=N–C) groups is 1. The summed E-state index contributed by atoms with van der Waals surface area (Å²) in [6.07, 6.45) is 6.36. The van der Waals surface area contributed by atoms with E-state index < -0.39 is 0 Å². The van der Waals surface area contributed by atoms with E-state index in [2.05, 4.69) is 18.8 Å². The lowest BCUT2D eigenvalue weighted by Gasteiger charge is -2.08. The SMILES string of the molecule is CCCC[C@H](CC)CN=C=O. The molecule has 64 valence electrons. The minimum atomic E-state index is 0.594. The molecular weight excluding hydrogens is 138 g/mol. The molecule has 0 aromatic heterocycles. The van der Waals surface area contributed by atoms with E-state index in [1.54, 1.807) is 6.08 Å². The summed E-state index contributed by atoms with van der Waals surface area (Å²) < 4.78 is 0. The zero-order valence-corrected chi connectivity index (χ0v) is 7.47.